The Morgan fingerprint density at radius 3 is 2.25 bits per heavy atom. The highest BCUT2D eigenvalue weighted by Crippen LogP contribution is 2.40. The largest absolute Gasteiger partial charge is 0.504 e. The highest BCUT2D eigenvalue weighted by Gasteiger charge is 2.18. The van der Waals surface area contributed by atoms with Gasteiger partial charge >= 0.3 is 0 Å². The first-order chi connectivity index (χ1) is 11.5. The van der Waals surface area contributed by atoms with Gasteiger partial charge in [0.2, 0.25) is 0 Å². The van der Waals surface area contributed by atoms with Gasteiger partial charge in [0.25, 0.3) is 0 Å². The van der Waals surface area contributed by atoms with Crippen molar-refractivity contribution < 1.29 is 29.2 Å². The Morgan fingerprint density at radius 1 is 0.917 bits per heavy atom. The molecule has 24 heavy (non-hydrogen) atoms. The van der Waals surface area contributed by atoms with E-state index in [-0.39, 0.29) is 51.0 Å². The van der Waals surface area contributed by atoms with Gasteiger partial charge in [0.05, 0.1) is 19.8 Å². The molecule has 0 unspecified atom stereocenters. The van der Waals surface area contributed by atoms with E-state index in [1.165, 1.54) is 38.5 Å². The number of aromatic hydroxyl groups is 3. The number of phenolic OH excluding ortho intramolecular Hbond substituents is 3. The minimum atomic E-state index is -0.489. The molecule has 7 heteroatoms. The summed E-state index contributed by atoms with van der Waals surface area (Å²) in [6.45, 7) is 0. The summed E-state index contributed by atoms with van der Waals surface area (Å²) in [5.74, 6) is -0.569. The van der Waals surface area contributed by atoms with Crippen LogP contribution in [0.2, 0.25) is 0 Å². The molecule has 1 heterocycles. The number of ether oxygens (including phenoxy) is 2. The second-order valence-electron chi connectivity index (χ2n) is 5.01. The molecule has 0 aliphatic carbocycles. The molecule has 0 atom stereocenters. The number of hydrogen-bond acceptors (Lipinski definition) is 7. The molecule has 0 fully saturated rings. The zero-order valence-electron chi connectivity index (χ0n) is 12.9. The molecule has 0 radical (unpaired) electrons. The summed E-state index contributed by atoms with van der Waals surface area (Å²) in [5, 5.41) is 29.3. The second-order valence-corrected chi connectivity index (χ2v) is 5.01. The maximum absolute atomic E-state index is 12.4. The van der Waals surface area contributed by atoms with Gasteiger partial charge in [-0.15, -0.1) is 0 Å². The summed E-state index contributed by atoms with van der Waals surface area (Å²) >= 11 is 0. The molecule has 0 spiro atoms. The van der Waals surface area contributed by atoms with Crippen molar-refractivity contribution in [2.24, 2.45) is 0 Å². The zero-order chi connectivity index (χ0) is 17.4. The Bertz CT molecular complexity index is 988. The Balaban J connectivity index is 2.30. The van der Waals surface area contributed by atoms with Crippen LogP contribution in [0.25, 0.3) is 22.3 Å². The van der Waals surface area contributed by atoms with Crippen LogP contribution >= 0.6 is 0 Å². The van der Waals surface area contributed by atoms with E-state index in [1.54, 1.807) is 0 Å². The monoisotopic (exact) mass is 330 g/mol. The average molecular weight is 330 g/mol. The fraction of sp³-hybridized carbons (Fsp3) is 0.118. The summed E-state index contributed by atoms with van der Waals surface area (Å²) in [6.07, 6.45) is 0. The molecule has 0 saturated heterocycles. The molecule has 0 bridgehead atoms. The van der Waals surface area contributed by atoms with E-state index in [4.69, 9.17) is 13.9 Å². The molecule has 0 amide bonds. The first-order valence-corrected chi connectivity index (χ1v) is 6.90. The number of phenols is 3. The minimum Gasteiger partial charge on any atom is -0.504 e. The first-order valence-electron chi connectivity index (χ1n) is 6.90. The van der Waals surface area contributed by atoms with Gasteiger partial charge in [-0.05, 0) is 18.2 Å². The Kier molecular flexibility index (Phi) is 3.69. The number of rotatable bonds is 3. The van der Waals surface area contributed by atoms with E-state index in [9.17, 15) is 20.1 Å². The summed E-state index contributed by atoms with van der Waals surface area (Å²) in [5.41, 5.74) is -0.0650. The van der Waals surface area contributed by atoms with Gasteiger partial charge in [0.15, 0.2) is 28.4 Å². The van der Waals surface area contributed by atoms with Crippen LogP contribution in [0.1, 0.15) is 0 Å². The minimum absolute atomic E-state index is 0.0138. The lowest BCUT2D eigenvalue weighted by molar-refractivity contribution is 0.375. The Morgan fingerprint density at radius 2 is 1.58 bits per heavy atom. The predicted octanol–water partition coefficient (Wildman–Crippen LogP) is 2.59. The Hall–Kier alpha value is -3.35. The standard InChI is InChI=1S/C17H14O7/c1-22-13-4-3-12-16(17(13)21)11(20)7-15(24-12)8-5-9(18)10(19)6-14(8)23-2/h3-7,18-19,21H,1-2H3. The molecule has 1 aromatic heterocycles. The van der Waals surface area contributed by atoms with Gasteiger partial charge in [-0.1, -0.05) is 0 Å². The van der Waals surface area contributed by atoms with Gasteiger partial charge in [-0.2, -0.15) is 0 Å². The lowest BCUT2D eigenvalue weighted by Gasteiger charge is -2.11. The first kappa shape index (κ1) is 15.5. The third kappa shape index (κ3) is 2.36. The fourth-order valence-corrected chi connectivity index (χ4v) is 2.43. The van der Waals surface area contributed by atoms with Crippen LogP contribution in [0.4, 0.5) is 0 Å². The van der Waals surface area contributed by atoms with Crippen LogP contribution in [-0.2, 0) is 0 Å². The molecule has 0 aliphatic heterocycles. The lowest BCUT2D eigenvalue weighted by Crippen LogP contribution is -2.02. The summed E-state index contributed by atoms with van der Waals surface area (Å²) in [6, 6.07) is 6.55. The maximum atomic E-state index is 12.4. The van der Waals surface area contributed by atoms with Crippen molar-refractivity contribution >= 4 is 11.0 Å². The lowest BCUT2D eigenvalue weighted by atomic mass is 10.1. The molecule has 3 N–H and O–H groups in total. The van der Waals surface area contributed by atoms with Gasteiger partial charge in [-0.3, -0.25) is 4.79 Å². The number of fused-ring (bicyclic) bond motifs is 1. The molecule has 3 aromatic rings. The van der Waals surface area contributed by atoms with E-state index in [0.717, 1.165) is 6.07 Å². The van der Waals surface area contributed by atoms with E-state index < -0.39 is 5.43 Å². The van der Waals surface area contributed by atoms with Crippen LogP contribution in [0.5, 0.6) is 28.7 Å². The predicted molar refractivity (Wildman–Crippen MR) is 86.0 cm³/mol. The Labute approximate surface area is 135 Å². The summed E-state index contributed by atoms with van der Waals surface area (Å²) < 4.78 is 15.8. The van der Waals surface area contributed by atoms with Gasteiger partial charge in [-0.25, -0.2) is 0 Å². The normalized spacial score (nSPS) is 10.8. The fourth-order valence-electron chi connectivity index (χ4n) is 2.43. The van der Waals surface area contributed by atoms with Crippen molar-refractivity contribution in [3.63, 3.8) is 0 Å². The average Bonchev–Trinajstić information content (AvgIpc) is 2.56. The van der Waals surface area contributed by atoms with Crippen LogP contribution in [0, 0.1) is 0 Å². The third-order valence-electron chi connectivity index (χ3n) is 3.61. The van der Waals surface area contributed by atoms with E-state index in [2.05, 4.69) is 0 Å². The quantitative estimate of drug-likeness (QED) is 0.633. The van der Waals surface area contributed by atoms with Gasteiger partial charge in [0, 0.05) is 12.1 Å². The van der Waals surface area contributed by atoms with Crippen molar-refractivity contribution in [1.82, 2.24) is 0 Å². The third-order valence-corrected chi connectivity index (χ3v) is 3.61. The number of benzene rings is 2. The van der Waals surface area contributed by atoms with Crippen molar-refractivity contribution in [1.29, 1.82) is 0 Å². The maximum Gasteiger partial charge on any atom is 0.197 e. The summed E-state index contributed by atoms with van der Waals surface area (Å²) in [4.78, 5) is 12.4. The van der Waals surface area contributed by atoms with Gasteiger partial charge < -0.3 is 29.2 Å². The van der Waals surface area contributed by atoms with E-state index in [1.807, 2.05) is 0 Å². The van der Waals surface area contributed by atoms with Crippen LogP contribution < -0.4 is 14.9 Å². The SMILES string of the molecule is COc1cc(O)c(O)cc1-c1cc(=O)c2c(O)c(OC)ccc2o1. The van der Waals surface area contributed by atoms with Crippen molar-refractivity contribution in [3.05, 3.63) is 40.6 Å². The van der Waals surface area contributed by atoms with Gasteiger partial charge in [0.1, 0.15) is 22.5 Å². The van der Waals surface area contributed by atoms with Crippen LogP contribution in [-0.4, -0.2) is 29.5 Å². The second kappa shape index (κ2) is 5.69. The molecule has 124 valence electrons. The van der Waals surface area contributed by atoms with Crippen LogP contribution in [0.3, 0.4) is 0 Å². The molecular weight excluding hydrogens is 316 g/mol. The smallest absolute Gasteiger partial charge is 0.197 e. The topological polar surface area (TPSA) is 109 Å². The zero-order valence-corrected chi connectivity index (χ0v) is 12.9. The van der Waals surface area contributed by atoms with Crippen molar-refractivity contribution in [2.45, 2.75) is 0 Å². The van der Waals surface area contributed by atoms with Crippen molar-refractivity contribution in [3.8, 4) is 40.1 Å². The number of methoxy groups -OCH3 is 2. The molecule has 7 nitrogen and oxygen atoms in total. The molecule has 2 aromatic carbocycles. The molecule has 3 rings (SSSR count). The highest BCUT2D eigenvalue weighted by molar-refractivity contribution is 5.87. The summed E-state index contributed by atoms with van der Waals surface area (Å²) in [7, 11) is 2.76. The number of hydrogen-bond donors (Lipinski definition) is 3. The van der Waals surface area contributed by atoms with E-state index >= 15 is 0 Å². The molecule has 0 aliphatic rings. The van der Waals surface area contributed by atoms with Crippen LogP contribution in [0.15, 0.2) is 39.5 Å². The van der Waals surface area contributed by atoms with Crippen molar-refractivity contribution in [2.75, 3.05) is 14.2 Å². The molecule has 0 saturated carbocycles. The van der Waals surface area contributed by atoms with E-state index in [0.29, 0.717) is 0 Å². The highest BCUT2D eigenvalue weighted by atomic mass is 16.5. The molecular formula is C17H14O7.